The monoisotopic (exact) mass is 251 g/mol. The van der Waals surface area contributed by atoms with E-state index in [9.17, 15) is 4.79 Å². The molecule has 1 aliphatic heterocycles. The van der Waals surface area contributed by atoms with E-state index >= 15 is 0 Å². The molecule has 0 unspecified atom stereocenters. The standard InChI is InChI=1S/C12H17N3O3/c1-2-18-9-3-5-15(6-4-9)11-8-13-10(7-14-11)12(16)17/h7-9H,2-6H2,1H3,(H,16,17). The first-order chi connectivity index (χ1) is 8.70. The molecule has 0 bridgehead atoms. The number of hydrogen-bond donors (Lipinski definition) is 1. The molecule has 6 heteroatoms. The number of aromatic carboxylic acids is 1. The molecule has 1 saturated heterocycles. The molecule has 2 heterocycles. The van der Waals surface area contributed by atoms with Crippen molar-refractivity contribution in [2.75, 3.05) is 24.6 Å². The molecule has 98 valence electrons. The van der Waals surface area contributed by atoms with E-state index in [0.29, 0.717) is 6.10 Å². The van der Waals surface area contributed by atoms with Gasteiger partial charge >= 0.3 is 5.97 Å². The average molecular weight is 251 g/mol. The summed E-state index contributed by atoms with van der Waals surface area (Å²) in [5, 5.41) is 8.75. The van der Waals surface area contributed by atoms with E-state index in [4.69, 9.17) is 9.84 Å². The number of rotatable bonds is 4. The van der Waals surface area contributed by atoms with Gasteiger partial charge in [0.15, 0.2) is 5.69 Å². The molecule has 1 aromatic heterocycles. The second-order valence-electron chi connectivity index (χ2n) is 4.21. The molecule has 0 spiro atoms. The molecule has 2 rings (SSSR count). The number of carboxylic acids is 1. The molecule has 18 heavy (non-hydrogen) atoms. The molecule has 1 aromatic rings. The molecule has 0 aliphatic carbocycles. The number of anilines is 1. The molecular weight excluding hydrogens is 234 g/mol. The van der Waals surface area contributed by atoms with Gasteiger partial charge in [-0.25, -0.2) is 14.8 Å². The van der Waals surface area contributed by atoms with E-state index in [1.54, 1.807) is 0 Å². The fourth-order valence-electron chi connectivity index (χ4n) is 2.08. The summed E-state index contributed by atoms with van der Waals surface area (Å²) in [7, 11) is 0. The van der Waals surface area contributed by atoms with Gasteiger partial charge < -0.3 is 14.7 Å². The van der Waals surface area contributed by atoms with Crippen molar-refractivity contribution in [3.63, 3.8) is 0 Å². The Kier molecular flexibility index (Phi) is 4.09. The van der Waals surface area contributed by atoms with Crippen LogP contribution in [0.25, 0.3) is 0 Å². The summed E-state index contributed by atoms with van der Waals surface area (Å²) >= 11 is 0. The fourth-order valence-corrected chi connectivity index (χ4v) is 2.08. The largest absolute Gasteiger partial charge is 0.476 e. The van der Waals surface area contributed by atoms with Crippen LogP contribution in [0.3, 0.4) is 0 Å². The first kappa shape index (κ1) is 12.8. The van der Waals surface area contributed by atoms with Crippen LogP contribution in [0.2, 0.25) is 0 Å². The molecule has 1 N–H and O–H groups in total. The molecular formula is C12H17N3O3. The van der Waals surface area contributed by atoms with Crippen LogP contribution >= 0.6 is 0 Å². The summed E-state index contributed by atoms with van der Waals surface area (Å²) in [4.78, 5) is 20.8. The van der Waals surface area contributed by atoms with Crippen LogP contribution in [-0.4, -0.2) is 46.8 Å². The van der Waals surface area contributed by atoms with Gasteiger partial charge in [-0.05, 0) is 19.8 Å². The molecule has 0 saturated carbocycles. The van der Waals surface area contributed by atoms with Gasteiger partial charge in [-0.3, -0.25) is 0 Å². The van der Waals surface area contributed by atoms with Gasteiger partial charge in [0.1, 0.15) is 5.82 Å². The highest BCUT2D eigenvalue weighted by atomic mass is 16.5. The Labute approximate surface area is 106 Å². The van der Waals surface area contributed by atoms with E-state index in [1.807, 2.05) is 6.92 Å². The van der Waals surface area contributed by atoms with Crippen LogP contribution in [0, 0.1) is 0 Å². The molecule has 0 radical (unpaired) electrons. The van der Waals surface area contributed by atoms with Gasteiger partial charge in [0.05, 0.1) is 18.5 Å². The zero-order valence-electron chi connectivity index (χ0n) is 10.4. The number of piperidine rings is 1. The van der Waals surface area contributed by atoms with E-state index in [1.165, 1.54) is 12.4 Å². The predicted molar refractivity (Wildman–Crippen MR) is 65.9 cm³/mol. The minimum atomic E-state index is -1.05. The highest BCUT2D eigenvalue weighted by Gasteiger charge is 2.20. The lowest BCUT2D eigenvalue weighted by Crippen LogP contribution is -2.37. The van der Waals surface area contributed by atoms with E-state index in [2.05, 4.69) is 14.9 Å². The summed E-state index contributed by atoms with van der Waals surface area (Å²) < 4.78 is 5.58. The Balaban J connectivity index is 1.95. The van der Waals surface area contributed by atoms with Crippen LogP contribution in [0.1, 0.15) is 30.3 Å². The third kappa shape index (κ3) is 2.95. The molecule has 0 atom stereocenters. The highest BCUT2D eigenvalue weighted by Crippen LogP contribution is 2.18. The van der Waals surface area contributed by atoms with Gasteiger partial charge in [0.2, 0.25) is 0 Å². The van der Waals surface area contributed by atoms with Crippen molar-refractivity contribution in [3.05, 3.63) is 18.1 Å². The van der Waals surface area contributed by atoms with Crippen molar-refractivity contribution in [1.82, 2.24) is 9.97 Å². The second-order valence-corrected chi connectivity index (χ2v) is 4.21. The summed E-state index contributed by atoms with van der Waals surface area (Å²) in [6.45, 7) is 4.48. The van der Waals surface area contributed by atoms with Gasteiger partial charge in [-0.1, -0.05) is 0 Å². The summed E-state index contributed by atoms with van der Waals surface area (Å²) in [5.41, 5.74) is -0.0250. The van der Waals surface area contributed by atoms with Gasteiger partial charge in [0.25, 0.3) is 0 Å². The fraction of sp³-hybridized carbons (Fsp3) is 0.583. The van der Waals surface area contributed by atoms with Crippen molar-refractivity contribution in [1.29, 1.82) is 0 Å². The Morgan fingerprint density at radius 3 is 2.67 bits per heavy atom. The first-order valence-electron chi connectivity index (χ1n) is 6.12. The Bertz CT molecular complexity index is 400. The minimum absolute atomic E-state index is 0.0250. The third-order valence-electron chi connectivity index (χ3n) is 3.03. The second kappa shape index (κ2) is 5.77. The number of carboxylic acid groups (broad SMARTS) is 1. The van der Waals surface area contributed by atoms with Crippen LogP contribution in [0.15, 0.2) is 12.4 Å². The van der Waals surface area contributed by atoms with Gasteiger partial charge in [-0.15, -0.1) is 0 Å². The normalized spacial score (nSPS) is 16.8. The maximum Gasteiger partial charge on any atom is 0.356 e. The van der Waals surface area contributed by atoms with E-state index < -0.39 is 5.97 Å². The van der Waals surface area contributed by atoms with Crippen molar-refractivity contribution in [2.45, 2.75) is 25.9 Å². The number of nitrogens with zero attached hydrogens (tertiary/aromatic N) is 3. The number of carbonyl (C=O) groups is 1. The van der Waals surface area contributed by atoms with Crippen molar-refractivity contribution < 1.29 is 14.6 Å². The number of hydrogen-bond acceptors (Lipinski definition) is 5. The van der Waals surface area contributed by atoms with E-state index in [0.717, 1.165) is 38.4 Å². The van der Waals surface area contributed by atoms with Crippen molar-refractivity contribution in [2.24, 2.45) is 0 Å². The molecule has 1 fully saturated rings. The van der Waals surface area contributed by atoms with Crippen LogP contribution in [-0.2, 0) is 4.74 Å². The topological polar surface area (TPSA) is 75.5 Å². The Hall–Kier alpha value is -1.69. The quantitative estimate of drug-likeness (QED) is 0.866. The maximum atomic E-state index is 10.7. The number of ether oxygens (including phenoxy) is 1. The van der Waals surface area contributed by atoms with Gasteiger partial charge in [-0.2, -0.15) is 0 Å². The lowest BCUT2D eigenvalue weighted by molar-refractivity contribution is 0.0458. The predicted octanol–water partition coefficient (Wildman–Crippen LogP) is 1.18. The minimum Gasteiger partial charge on any atom is -0.476 e. The Morgan fingerprint density at radius 2 is 2.17 bits per heavy atom. The van der Waals surface area contributed by atoms with Crippen molar-refractivity contribution >= 4 is 11.8 Å². The molecule has 6 nitrogen and oxygen atoms in total. The third-order valence-corrected chi connectivity index (χ3v) is 3.03. The van der Waals surface area contributed by atoms with E-state index in [-0.39, 0.29) is 5.69 Å². The first-order valence-corrected chi connectivity index (χ1v) is 6.12. The Morgan fingerprint density at radius 1 is 1.44 bits per heavy atom. The van der Waals surface area contributed by atoms with Crippen LogP contribution in [0.5, 0.6) is 0 Å². The van der Waals surface area contributed by atoms with Gasteiger partial charge in [0, 0.05) is 19.7 Å². The lowest BCUT2D eigenvalue weighted by Gasteiger charge is -2.32. The highest BCUT2D eigenvalue weighted by molar-refractivity contribution is 5.84. The van der Waals surface area contributed by atoms with Crippen molar-refractivity contribution in [3.8, 4) is 0 Å². The number of aromatic nitrogens is 2. The summed E-state index contributed by atoms with van der Waals surface area (Å²) in [5.74, 6) is -0.320. The molecule has 0 aromatic carbocycles. The maximum absolute atomic E-state index is 10.7. The molecule has 1 aliphatic rings. The zero-order valence-corrected chi connectivity index (χ0v) is 10.4. The lowest BCUT2D eigenvalue weighted by atomic mass is 10.1. The summed E-state index contributed by atoms with van der Waals surface area (Å²) in [6, 6.07) is 0. The zero-order chi connectivity index (χ0) is 13.0. The van der Waals surface area contributed by atoms with Crippen LogP contribution < -0.4 is 4.90 Å². The SMILES string of the molecule is CCOC1CCN(c2cnc(C(=O)O)cn2)CC1. The average Bonchev–Trinajstić information content (AvgIpc) is 2.40. The molecule has 0 amide bonds. The smallest absolute Gasteiger partial charge is 0.356 e. The van der Waals surface area contributed by atoms with Crippen LogP contribution in [0.4, 0.5) is 5.82 Å². The summed E-state index contributed by atoms with van der Waals surface area (Å²) in [6.07, 6.45) is 5.08.